The van der Waals surface area contributed by atoms with Crippen LogP contribution < -0.4 is 0 Å². The first-order chi connectivity index (χ1) is 8.43. The summed E-state index contributed by atoms with van der Waals surface area (Å²) in [5, 5.41) is 0. The molecule has 0 fully saturated rings. The molecule has 0 N–H and O–H groups in total. The van der Waals surface area contributed by atoms with Gasteiger partial charge >= 0.3 is 0 Å². The van der Waals surface area contributed by atoms with Crippen LogP contribution in [0.4, 0.5) is 0 Å². The van der Waals surface area contributed by atoms with Gasteiger partial charge in [0.15, 0.2) is 0 Å². The van der Waals surface area contributed by atoms with Crippen molar-refractivity contribution in [1.29, 1.82) is 0 Å². The number of rotatable bonds is 2. The van der Waals surface area contributed by atoms with Gasteiger partial charge in [0.05, 0.1) is 0 Å². The summed E-state index contributed by atoms with van der Waals surface area (Å²) in [5.41, 5.74) is 4.53. The van der Waals surface area contributed by atoms with E-state index < -0.39 is 0 Å². The summed E-state index contributed by atoms with van der Waals surface area (Å²) in [5.74, 6) is 0. The summed E-state index contributed by atoms with van der Waals surface area (Å²) in [6, 6.07) is 4.71. The maximum Gasteiger partial charge on any atom is 0.0257 e. The molecule has 0 amide bonds. The van der Waals surface area contributed by atoms with Gasteiger partial charge in [0.1, 0.15) is 0 Å². The van der Waals surface area contributed by atoms with Crippen molar-refractivity contribution in [2.75, 3.05) is 14.1 Å². The summed E-state index contributed by atoms with van der Waals surface area (Å²) in [7, 11) is 4.24. The van der Waals surface area contributed by atoms with E-state index in [2.05, 4.69) is 88.6 Å². The Morgan fingerprint density at radius 3 is 1.84 bits per heavy atom. The van der Waals surface area contributed by atoms with E-state index >= 15 is 0 Å². The van der Waals surface area contributed by atoms with E-state index in [4.69, 9.17) is 0 Å². The highest BCUT2D eigenvalue weighted by atomic mass is 79.9. The number of benzene rings is 1. The summed E-state index contributed by atoms with van der Waals surface area (Å²) in [4.78, 5) is 2.22. The van der Waals surface area contributed by atoms with Crippen LogP contribution in [0.5, 0.6) is 0 Å². The summed E-state index contributed by atoms with van der Waals surface area (Å²) in [6.45, 7) is 14.6. The van der Waals surface area contributed by atoms with Crippen molar-refractivity contribution in [1.82, 2.24) is 4.90 Å². The maximum absolute atomic E-state index is 3.82. The van der Waals surface area contributed by atoms with Gasteiger partial charge < -0.3 is 4.90 Å². The predicted molar refractivity (Wildman–Crippen MR) is 88.9 cm³/mol. The third-order valence-electron chi connectivity index (χ3n) is 3.31. The molecule has 1 aromatic carbocycles. The normalized spacial score (nSPS) is 13.2. The molecular formula is C17H28BrN. The van der Waals surface area contributed by atoms with E-state index in [1.807, 2.05) is 0 Å². The van der Waals surface area contributed by atoms with Gasteiger partial charge in [-0.1, -0.05) is 69.6 Å². The van der Waals surface area contributed by atoms with Crippen LogP contribution in [-0.4, -0.2) is 19.0 Å². The van der Waals surface area contributed by atoms with Crippen molar-refractivity contribution >= 4 is 15.9 Å². The Kier molecular flexibility index (Phi) is 4.90. The van der Waals surface area contributed by atoms with Crippen LogP contribution in [0, 0.1) is 0 Å². The fourth-order valence-corrected chi connectivity index (χ4v) is 3.07. The van der Waals surface area contributed by atoms with Crippen LogP contribution >= 0.6 is 15.9 Å². The molecule has 19 heavy (non-hydrogen) atoms. The van der Waals surface area contributed by atoms with Gasteiger partial charge in [-0.25, -0.2) is 0 Å². The molecule has 0 aliphatic carbocycles. The molecule has 0 aliphatic rings. The molecule has 0 heterocycles. The maximum atomic E-state index is 3.82. The first-order valence-electron chi connectivity index (χ1n) is 6.91. The fourth-order valence-electron chi connectivity index (χ4n) is 2.12. The van der Waals surface area contributed by atoms with E-state index in [1.54, 1.807) is 0 Å². The average molecular weight is 326 g/mol. The minimum atomic E-state index is 0.154. The molecule has 0 bridgehead atoms. The van der Waals surface area contributed by atoms with E-state index in [1.165, 1.54) is 21.2 Å². The Bertz CT molecular complexity index is 448. The summed E-state index contributed by atoms with van der Waals surface area (Å²) in [6.07, 6.45) is 0. The molecule has 0 saturated carbocycles. The van der Waals surface area contributed by atoms with E-state index in [0.29, 0.717) is 0 Å². The monoisotopic (exact) mass is 325 g/mol. The largest absolute Gasteiger partial charge is 0.305 e. The average Bonchev–Trinajstić information content (AvgIpc) is 2.16. The molecule has 2 heteroatoms. The molecule has 1 nitrogen and oxygen atoms in total. The zero-order valence-corrected chi connectivity index (χ0v) is 15.3. The van der Waals surface area contributed by atoms with E-state index in [9.17, 15) is 0 Å². The lowest BCUT2D eigenvalue weighted by atomic mass is 9.79. The first-order valence-corrected chi connectivity index (χ1v) is 7.70. The van der Waals surface area contributed by atoms with Crippen LogP contribution in [0.2, 0.25) is 0 Å². The zero-order valence-electron chi connectivity index (χ0n) is 13.7. The van der Waals surface area contributed by atoms with Crippen molar-refractivity contribution in [3.8, 4) is 0 Å². The molecule has 0 spiro atoms. The molecule has 0 aliphatic heterocycles. The zero-order chi connectivity index (χ0) is 15.0. The van der Waals surface area contributed by atoms with Gasteiger partial charge in [-0.15, -0.1) is 0 Å². The van der Waals surface area contributed by atoms with Crippen molar-refractivity contribution < 1.29 is 0 Å². The van der Waals surface area contributed by atoms with Crippen LogP contribution in [-0.2, 0) is 17.4 Å². The molecule has 108 valence electrons. The standard InChI is InChI=1S/C17H28BrN/c1-16(2,3)13-9-12(11-19(7)8)15(18)14(10-13)17(4,5)6/h9-10H,11H2,1-8H3. The summed E-state index contributed by atoms with van der Waals surface area (Å²) >= 11 is 3.82. The second-order valence-electron chi connectivity index (χ2n) is 7.73. The van der Waals surface area contributed by atoms with Crippen molar-refractivity contribution in [3.63, 3.8) is 0 Å². The Morgan fingerprint density at radius 2 is 1.47 bits per heavy atom. The Labute approximate surface area is 127 Å². The minimum Gasteiger partial charge on any atom is -0.305 e. The highest BCUT2D eigenvalue weighted by Gasteiger charge is 2.23. The molecule has 1 aromatic rings. The third-order valence-corrected chi connectivity index (χ3v) is 4.25. The Hall–Kier alpha value is -0.340. The predicted octanol–water partition coefficient (Wildman–Crippen LogP) is 5.11. The van der Waals surface area contributed by atoms with Gasteiger partial charge in [0.2, 0.25) is 0 Å². The molecule has 0 aromatic heterocycles. The van der Waals surface area contributed by atoms with E-state index in [0.717, 1.165) is 6.54 Å². The number of nitrogens with zero attached hydrogens (tertiary/aromatic N) is 1. The quantitative estimate of drug-likeness (QED) is 0.730. The molecular weight excluding hydrogens is 298 g/mol. The summed E-state index contributed by atoms with van der Waals surface area (Å²) < 4.78 is 1.27. The minimum absolute atomic E-state index is 0.154. The smallest absolute Gasteiger partial charge is 0.0257 e. The fraction of sp³-hybridized carbons (Fsp3) is 0.647. The second-order valence-corrected chi connectivity index (χ2v) is 8.53. The SMILES string of the molecule is CN(C)Cc1cc(C(C)(C)C)cc(C(C)(C)C)c1Br. The van der Waals surface area contributed by atoms with Crippen LogP contribution in [0.25, 0.3) is 0 Å². The van der Waals surface area contributed by atoms with Crippen molar-refractivity contribution in [2.45, 2.75) is 58.9 Å². The third kappa shape index (κ3) is 4.32. The van der Waals surface area contributed by atoms with Gasteiger partial charge in [0.25, 0.3) is 0 Å². The highest BCUT2D eigenvalue weighted by Crippen LogP contribution is 2.37. The topological polar surface area (TPSA) is 3.24 Å². The van der Waals surface area contributed by atoms with Crippen LogP contribution in [0.1, 0.15) is 58.2 Å². The number of hydrogen-bond acceptors (Lipinski definition) is 1. The molecule has 0 radical (unpaired) electrons. The van der Waals surface area contributed by atoms with Gasteiger partial charge in [0, 0.05) is 11.0 Å². The first kappa shape index (κ1) is 16.7. The van der Waals surface area contributed by atoms with Crippen LogP contribution in [0.15, 0.2) is 16.6 Å². The van der Waals surface area contributed by atoms with Gasteiger partial charge in [-0.3, -0.25) is 0 Å². The lowest BCUT2D eigenvalue weighted by molar-refractivity contribution is 0.400. The number of hydrogen-bond donors (Lipinski definition) is 0. The molecule has 0 unspecified atom stereocenters. The van der Waals surface area contributed by atoms with Crippen LogP contribution in [0.3, 0.4) is 0 Å². The van der Waals surface area contributed by atoms with Gasteiger partial charge in [-0.2, -0.15) is 0 Å². The Morgan fingerprint density at radius 1 is 0.947 bits per heavy atom. The van der Waals surface area contributed by atoms with E-state index in [-0.39, 0.29) is 10.8 Å². The highest BCUT2D eigenvalue weighted by molar-refractivity contribution is 9.10. The second kappa shape index (κ2) is 5.57. The molecule has 0 atom stereocenters. The lowest BCUT2D eigenvalue weighted by Crippen LogP contribution is -2.20. The number of halogens is 1. The Balaban J connectivity index is 3.48. The van der Waals surface area contributed by atoms with Crippen molar-refractivity contribution in [3.05, 3.63) is 33.3 Å². The lowest BCUT2D eigenvalue weighted by Gasteiger charge is -2.28. The molecule has 1 rings (SSSR count). The van der Waals surface area contributed by atoms with Crippen molar-refractivity contribution in [2.24, 2.45) is 0 Å². The van der Waals surface area contributed by atoms with Gasteiger partial charge in [-0.05, 0) is 41.6 Å². The molecule has 0 saturated heterocycles.